The molecule has 0 aliphatic heterocycles. The minimum absolute atomic E-state index is 0.416. The molecule has 0 radical (unpaired) electrons. The van der Waals surface area contributed by atoms with E-state index >= 15 is 0 Å². The van der Waals surface area contributed by atoms with E-state index in [2.05, 4.69) is 39.1 Å². The number of rotatable bonds is 3. The number of halogens is 2. The molecule has 1 aromatic carbocycles. The summed E-state index contributed by atoms with van der Waals surface area (Å²) in [5, 5.41) is 8.47. The third-order valence-corrected chi connectivity index (χ3v) is 3.30. The summed E-state index contributed by atoms with van der Waals surface area (Å²) in [6.45, 7) is 4.16. The van der Waals surface area contributed by atoms with E-state index in [-0.39, 0.29) is 0 Å². The summed E-state index contributed by atoms with van der Waals surface area (Å²) in [6, 6.07) is 6.07. The zero-order valence-corrected chi connectivity index (χ0v) is 12.1. The second-order valence-corrected chi connectivity index (χ2v) is 5.16. The van der Waals surface area contributed by atoms with E-state index in [0.29, 0.717) is 5.28 Å². The van der Waals surface area contributed by atoms with Crippen LogP contribution < -0.4 is 0 Å². The van der Waals surface area contributed by atoms with Gasteiger partial charge in [-0.3, -0.25) is 4.57 Å². The number of aryl methyl sites for hydroxylation is 2. The van der Waals surface area contributed by atoms with Crippen molar-refractivity contribution in [1.29, 1.82) is 0 Å². The first-order valence-electron chi connectivity index (χ1n) is 5.49. The number of hydrogen-bond acceptors (Lipinski definition) is 2. The molecule has 3 nitrogen and oxygen atoms in total. The fraction of sp³-hybridized carbons (Fsp3) is 0.333. The van der Waals surface area contributed by atoms with Gasteiger partial charge in [-0.15, -0.1) is 10.2 Å². The Kier molecular flexibility index (Phi) is 3.84. The van der Waals surface area contributed by atoms with Crippen molar-refractivity contribution >= 4 is 27.5 Å². The van der Waals surface area contributed by atoms with Crippen molar-refractivity contribution in [3.8, 4) is 5.69 Å². The summed E-state index contributed by atoms with van der Waals surface area (Å²) in [6.07, 6.45) is 1.89. The average molecular weight is 315 g/mol. The first-order chi connectivity index (χ1) is 8.13. The quantitative estimate of drug-likeness (QED) is 0.859. The number of benzene rings is 1. The maximum absolute atomic E-state index is 6.10. The molecule has 1 aromatic heterocycles. The molecular weight excluding hydrogens is 302 g/mol. The summed E-state index contributed by atoms with van der Waals surface area (Å²) in [5.74, 6) is 0.905. The zero-order valence-electron chi connectivity index (χ0n) is 9.74. The lowest BCUT2D eigenvalue weighted by Gasteiger charge is -2.10. The van der Waals surface area contributed by atoms with Crippen LogP contribution in [0.15, 0.2) is 22.7 Å². The van der Waals surface area contributed by atoms with Crippen molar-refractivity contribution in [3.63, 3.8) is 0 Å². The molecule has 0 aliphatic carbocycles. The molecule has 0 amide bonds. The number of nitrogens with zero attached hydrogens (tertiary/aromatic N) is 3. The Morgan fingerprint density at radius 2 is 2.12 bits per heavy atom. The smallest absolute Gasteiger partial charge is 0.229 e. The van der Waals surface area contributed by atoms with Crippen LogP contribution in [0.5, 0.6) is 0 Å². The van der Waals surface area contributed by atoms with Gasteiger partial charge in [-0.2, -0.15) is 0 Å². The second kappa shape index (κ2) is 5.19. The van der Waals surface area contributed by atoms with E-state index in [1.54, 1.807) is 0 Å². The Morgan fingerprint density at radius 3 is 2.76 bits per heavy atom. The third-order valence-electron chi connectivity index (χ3n) is 2.56. The molecule has 0 N–H and O–H groups in total. The highest BCUT2D eigenvalue weighted by Gasteiger charge is 2.13. The molecule has 2 rings (SSSR count). The Balaban J connectivity index is 2.55. The van der Waals surface area contributed by atoms with Gasteiger partial charge in [0.25, 0.3) is 0 Å². The highest BCUT2D eigenvalue weighted by molar-refractivity contribution is 9.10. The fourth-order valence-corrected chi connectivity index (χ4v) is 2.49. The molecular formula is C12H13BrClN3. The SMILES string of the molecule is CCCc1nnc(Cl)n1-c1ccc(Br)cc1C. The summed E-state index contributed by atoms with van der Waals surface area (Å²) in [7, 11) is 0. The summed E-state index contributed by atoms with van der Waals surface area (Å²) in [5.41, 5.74) is 2.17. The van der Waals surface area contributed by atoms with Crippen LogP contribution in [0.4, 0.5) is 0 Å². The van der Waals surface area contributed by atoms with Crippen molar-refractivity contribution in [1.82, 2.24) is 14.8 Å². The van der Waals surface area contributed by atoms with Crippen LogP contribution in [0.25, 0.3) is 5.69 Å². The largest absolute Gasteiger partial charge is 0.269 e. The Morgan fingerprint density at radius 1 is 1.35 bits per heavy atom. The molecule has 0 bridgehead atoms. The molecule has 90 valence electrons. The Bertz CT molecular complexity index is 537. The second-order valence-electron chi connectivity index (χ2n) is 3.90. The lowest BCUT2D eigenvalue weighted by molar-refractivity contribution is 0.801. The molecule has 0 fully saturated rings. The van der Waals surface area contributed by atoms with Crippen LogP contribution in [-0.4, -0.2) is 14.8 Å². The van der Waals surface area contributed by atoms with E-state index in [1.165, 1.54) is 0 Å². The first-order valence-corrected chi connectivity index (χ1v) is 6.67. The molecule has 0 aliphatic rings. The monoisotopic (exact) mass is 313 g/mol. The van der Waals surface area contributed by atoms with Gasteiger partial charge in [0.1, 0.15) is 5.82 Å². The Hall–Kier alpha value is -0.870. The predicted molar refractivity (Wildman–Crippen MR) is 72.8 cm³/mol. The zero-order chi connectivity index (χ0) is 12.4. The Labute approximate surface area is 114 Å². The maximum atomic E-state index is 6.10. The molecule has 17 heavy (non-hydrogen) atoms. The summed E-state index contributed by atoms with van der Waals surface area (Å²) in [4.78, 5) is 0. The van der Waals surface area contributed by atoms with Crippen molar-refractivity contribution < 1.29 is 0 Å². The molecule has 0 spiro atoms. The van der Waals surface area contributed by atoms with E-state index in [1.807, 2.05) is 23.6 Å². The predicted octanol–water partition coefficient (Wildman–Crippen LogP) is 3.94. The van der Waals surface area contributed by atoms with Gasteiger partial charge in [0, 0.05) is 10.9 Å². The molecule has 2 aromatic rings. The highest BCUT2D eigenvalue weighted by Crippen LogP contribution is 2.23. The van der Waals surface area contributed by atoms with Crippen molar-refractivity contribution in [2.24, 2.45) is 0 Å². The normalized spacial score (nSPS) is 10.8. The van der Waals surface area contributed by atoms with E-state index in [0.717, 1.165) is 34.4 Å². The topological polar surface area (TPSA) is 30.7 Å². The number of aromatic nitrogens is 3. The average Bonchev–Trinajstić information content (AvgIpc) is 2.62. The van der Waals surface area contributed by atoms with Crippen LogP contribution >= 0.6 is 27.5 Å². The van der Waals surface area contributed by atoms with Crippen LogP contribution in [0.2, 0.25) is 5.28 Å². The minimum Gasteiger partial charge on any atom is -0.269 e. The summed E-state index contributed by atoms with van der Waals surface area (Å²) >= 11 is 9.56. The van der Waals surface area contributed by atoms with Gasteiger partial charge in [0.05, 0.1) is 5.69 Å². The van der Waals surface area contributed by atoms with E-state index < -0.39 is 0 Å². The van der Waals surface area contributed by atoms with Gasteiger partial charge in [-0.25, -0.2) is 0 Å². The van der Waals surface area contributed by atoms with E-state index in [9.17, 15) is 0 Å². The highest BCUT2D eigenvalue weighted by atomic mass is 79.9. The van der Waals surface area contributed by atoms with Crippen LogP contribution in [0.3, 0.4) is 0 Å². The fourth-order valence-electron chi connectivity index (χ4n) is 1.79. The van der Waals surface area contributed by atoms with Crippen LogP contribution in [-0.2, 0) is 6.42 Å². The molecule has 0 saturated carbocycles. The van der Waals surface area contributed by atoms with Crippen LogP contribution in [0, 0.1) is 6.92 Å². The molecule has 0 atom stereocenters. The first kappa shape index (κ1) is 12.6. The van der Waals surface area contributed by atoms with Gasteiger partial charge < -0.3 is 0 Å². The van der Waals surface area contributed by atoms with Crippen molar-refractivity contribution in [3.05, 3.63) is 39.3 Å². The third kappa shape index (κ3) is 2.53. The minimum atomic E-state index is 0.416. The number of hydrogen-bond donors (Lipinski definition) is 0. The van der Waals surface area contributed by atoms with Crippen molar-refractivity contribution in [2.75, 3.05) is 0 Å². The summed E-state index contributed by atoms with van der Waals surface area (Å²) < 4.78 is 2.97. The molecule has 5 heteroatoms. The van der Waals surface area contributed by atoms with Gasteiger partial charge >= 0.3 is 0 Å². The standard InChI is InChI=1S/C12H13BrClN3/c1-3-4-11-15-16-12(14)17(11)10-6-5-9(13)7-8(10)2/h5-7H,3-4H2,1-2H3. The maximum Gasteiger partial charge on any atom is 0.229 e. The van der Waals surface area contributed by atoms with Gasteiger partial charge in [-0.1, -0.05) is 22.9 Å². The molecule has 0 saturated heterocycles. The van der Waals surface area contributed by atoms with Gasteiger partial charge in [0.15, 0.2) is 0 Å². The lowest BCUT2D eigenvalue weighted by atomic mass is 10.2. The van der Waals surface area contributed by atoms with Crippen LogP contribution in [0.1, 0.15) is 24.7 Å². The van der Waals surface area contributed by atoms with E-state index in [4.69, 9.17) is 11.6 Å². The lowest BCUT2D eigenvalue weighted by Crippen LogP contribution is -2.03. The molecule has 0 unspecified atom stereocenters. The molecule has 1 heterocycles. The van der Waals surface area contributed by atoms with Crippen molar-refractivity contribution in [2.45, 2.75) is 26.7 Å². The van der Waals surface area contributed by atoms with Gasteiger partial charge in [0.2, 0.25) is 5.28 Å². The van der Waals surface area contributed by atoms with Gasteiger partial charge in [-0.05, 0) is 48.7 Å².